The summed E-state index contributed by atoms with van der Waals surface area (Å²) in [4.78, 5) is 27.9. The van der Waals surface area contributed by atoms with Crippen LogP contribution in [0, 0.1) is 5.92 Å². The lowest BCUT2D eigenvalue weighted by Gasteiger charge is -2.41. The molecular weight excluding hydrogens is 370 g/mol. The van der Waals surface area contributed by atoms with Crippen molar-refractivity contribution < 1.29 is 23.8 Å². The van der Waals surface area contributed by atoms with Crippen LogP contribution < -0.4 is 9.64 Å². The summed E-state index contributed by atoms with van der Waals surface area (Å²) in [5.41, 5.74) is 2.87. The predicted octanol–water partition coefficient (Wildman–Crippen LogP) is 3.54. The fourth-order valence-electron chi connectivity index (χ4n) is 3.91. The van der Waals surface area contributed by atoms with E-state index in [9.17, 15) is 9.59 Å². The monoisotopic (exact) mass is 397 g/mol. The van der Waals surface area contributed by atoms with Gasteiger partial charge in [0.1, 0.15) is 5.75 Å². The molecule has 2 aromatic carbocycles. The fourth-order valence-corrected chi connectivity index (χ4v) is 3.91. The molecule has 154 valence electrons. The molecule has 0 radical (unpaired) electrons. The third-order valence-electron chi connectivity index (χ3n) is 5.12. The Morgan fingerprint density at radius 1 is 1.00 bits per heavy atom. The van der Waals surface area contributed by atoms with Gasteiger partial charge in [-0.15, -0.1) is 0 Å². The van der Waals surface area contributed by atoms with Crippen LogP contribution in [-0.4, -0.2) is 38.8 Å². The van der Waals surface area contributed by atoms with Gasteiger partial charge in [0.25, 0.3) is 0 Å². The lowest BCUT2D eigenvalue weighted by atomic mass is 9.84. The first-order chi connectivity index (χ1) is 14.1. The Kier molecular flexibility index (Phi) is 6.75. The third-order valence-corrected chi connectivity index (χ3v) is 5.12. The standard InChI is InChI=1S/C23H27NO5/c1-4-28-22(25)20(23(26)29-5-2)21-17-11-7-6-10-16(17)14-15-24(21)18-12-8-9-13-19(18)27-3/h6-13,20-21H,4-5,14-15H2,1-3H3. The van der Waals surface area contributed by atoms with E-state index in [0.717, 1.165) is 23.2 Å². The highest BCUT2D eigenvalue weighted by Crippen LogP contribution is 2.42. The highest BCUT2D eigenvalue weighted by molar-refractivity contribution is 5.97. The molecule has 0 saturated carbocycles. The van der Waals surface area contributed by atoms with Crippen molar-refractivity contribution in [3.05, 3.63) is 59.7 Å². The number of hydrogen-bond acceptors (Lipinski definition) is 6. The van der Waals surface area contributed by atoms with Gasteiger partial charge in [-0.25, -0.2) is 0 Å². The van der Waals surface area contributed by atoms with E-state index in [1.807, 2.05) is 48.5 Å². The first kappa shape index (κ1) is 20.7. The van der Waals surface area contributed by atoms with Crippen LogP contribution in [0.2, 0.25) is 0 Å². The number of methoxy groups -OCH3 is 1. The maximum atomic E-state index is 12.9. The second-order valence-corrected chi connectivity index (χ2v) is 6.74. The summed E-state index contributed by atoms with van der Waals surface area (Å²) in [5.74, 6) is -1.57. The van der Waals surface area contributed by atoms with Crippen LogP contribution in [-0.2, 0) is 25.5 Å². The quantitative estimate of drug-likeness (QED) is 0.526. The van der Waals surface area contributed by atoms with Crippen molar-refractivity contribution in [2.75, 3.05) is 31.8 Å². The summed E-state index contributed by atoms with van der Waals surface area (Å²) >= 11 is 0. The molecule has 1 heterocycles. The van der Waals surface area contributed by atoms with Crippen LogP contribution >= 0.6 is 0 Å². The Labute approximate surface area is 171 Å². The molecule has 0 N–H and O–H groups in total. The van der Waals surface area contributed by atoms with Crippen molar-refractivity contribution in [2.45, 2.75) is 26.3 Å². The second kappa shape index (κ2) is 9.45. The van der Waals surface area contributed by atoms with Crippen LogP contribution in [0.15, 0.2) is 48.5 Å². The van der Waals surface area contributed by atoms with E-state index in [2.05, 4.69) is 4.90 Å². The molecule has 0 amide bonds. The molecule has 1 unspecified atom stereocenters. The normalized spacial score (nSPS) is 15.6. The zero-order valence-electron chi connectivity index (χ0n) is 17.1. The van der Waals surface area contributed by atoms with Gasteiger partial charge >= 0.3 is 11.9 Å². The van der Waals surface area contributed by atoms with Gasteiger partial charge in [0.15, 0.2) is 5.92 Å². The molecule has 3 rings (SSSR count). The van der Waals surface area contributed by atoms with Gasteiger partial charge in [-0.3, -0.25) is 9.59 Å². The summed E-state index contributed by atoms with van der Waals surface area (Å²) in [5, 5.41) is 0. The largest absolute Gasteiger partial charge is 0.495 e. The molecule has 1 aliphatic rings. The van der Waals surface area contributed by atoms with Crippen molar-refractivity contribution in [3.8, 4) is 5.75 Å². The Bertz CT molecular complexity index is 848. The minimum atomic E-state index is -1.10. The predicted molar refractivity (Wildman–Crippen MR) is 110 cm³/mol. The van der Waals surface area contributed by atoms with Crippen LogP contribution in [0.3, 0.4) is 0 Å². The average Bonchev–Trinajstić information content (AvgIpc) is 2.74. The van der Waals surface area contributed by atoms with Crippen LogP contribution in [0.5, 0.6) is 5.75 Å². The van der Waals surface area contributed by atoms with Gasteiger partial charge in [0.05, 0.1) is 32.1 Å². The molecule has 0 bridgehead atoms. The number of para-hydroxylation sites is 2. The average molecular weight is 397 g/mol. The molecule has 1 atom stereocenters. The molecule has 0 fully saturated rings. The Balaban J connectivity index is 2.15. The number of hydrogen-bond donors (Lipinski definition) is 0. The zero-order valence-corrected chi connectivity index (χ0v) is 17.1. The number of ether oxygens (including phenoxy) is 3. The van der Waals surface area contributed by atoms with Crippen molar-refractivity contribution in [1.82, 2.24) is 0 Å². The summed E-state index contributed by atoms with van der Waals surface area (Å²) in [7, 11) is 1.61. The van der Waals surface area contributed by atoms with Crippen LogP contribution in [0.25, 0.3) is 0 Å². The summed E-state index contributed by atoms with van der Waals surface area (Å²) in [6.45, 7) is 4.48. The van der Waals surface area contributed by atoms with Gasteiger partial charge in [-0.05, 0) is 43.5 Å². The number of benzene rings is 2. The van der Waals surface area contributed by atoms with E-state index in [1.54, 1.807) is 21.0 Å². The molecule has 6 heteroatoms. The van der Waals surface area contributed by atoms with E-state index < -0.39 is 23.9 Å². The molecule has 1 aliphatic heterocycles. The number of carbonyl (C=O) groups excluding carboxylic acids is 2. The molecule has 29 heavy (non-hydrogen) atoms. The highest BCUT2D eigenvalue weighted by Gasteiger charge is 2.44. The Morgan fingerprint density at radius 2 is 1.62 bits per heavy atom. The van der Waals surface area contributed by atoms with Crippen molar-refractivity contribution >= 4 is 17.6 Å². The van der Waals surface area contributed by atoms with Crippen molar-refractivity contribution in [2.24, 2.45) is 5.92 Å². The Hall–Kier alpha value is -3.02. The first-order valence-corrected chi connectivity index (χ1v) is 9.93. The van der Waals surface area contributed by atoms with Gasteiger partial charge in [0, 0.05) is 6.54 Å². The number of anilines is 1. The molecule has 6 nitrogen and oxygen atoms in total. The summed E-state index contributed by atoms with van der Waals surface area (Å²) in [6.07, 6.45) is 0.795. The molecule has 0 aliphatic carbocycles. The third kappa shape index (κ3) is 4.21. The molecular formula is C23H27NO5. The number of carbonyl (C=O) groups is 2. The number of esters is 2. The molecule has 0 aromatic heterocycles. The Morgan fingerprint density at radius 3 is 2.28 bits per heavy atom. The fraction of sp³-hybridized carbons (Fsp3) is 0.391. The topological polar surface area (TPSA) is 65.1 Å². The number of nitrogens with zero attached hydrogens (tertiary/aromatic N) is 1. The lowest BCUT2D eigenvalue weighted by Crippen LogP contribution is -2.46. The lowest BCUT2D eigenvalue weighted by molar-refractivity contribution is -0.162. The highest BCUT2D eigenvalue weighted by atomic mass is 16.6. The van der Waals surface area contributed by atoms with Gasteiger partial charge in [-0.1, -0.05) is 36.4 Å². The second-order valence-electron chi connectivity index (χ2n) is 6.74. The van der Waals surface area contributed by atoms with Crippen molar-refractivity contribution in [1.29, 1.82) is 0 Å². The SMILES string of the molecule is CCOC(=O)C(C(=O)OCC)C1c2ccccc2CCN1c1ccccc1OC. The molecule has 0 saturated heterocycles. The van der Waals surface area contributed by atoms with Crippen LogP contribution in [0.4, 0.5) is 5.69 Å². The molecule has 0 spiro atoms. The zero-order chi connectivity index (χ0) is 20.8. The van der Waals surface area contributed by atoms with E-state index in [0.29, 0.717) is 12.3 Å². The maximum absolute atomic E-state index is 12.9. The van der Waals surface area contributed by atoms with Gasteiger partial charge < -0.3 is 19.1 Å². The summed E-state index contributed by atoms with van der Waals surface area (Å²) in [6, 6.07) is 15.0. The number of fused-ring (bicyclic) bond motifs is 1. The van der Waals surface area contributed by atoms with E-state index in [1.165, 1.54) is 0 Å². The van der Waals surface area contributed by atoms with Crippen molar-refractivity contribution in [3.63, 3.8) is 0 Å². The molecule has 2 aromatic rings. The van der Waals surface area contributed by atoms with E-state index in [-0.39, 0.29) is 13.2 Å². The van der Waals surface area contributed by atoms with Gasteiger partial charge in [0.2, 0.25) is 0 Å². The smallest absolute Gasteiger partial charge is 0.322 e. The van der Waals surface area contributed by atoms with E-state index >= 15 is 0 Å². The minimum absolute atomic E-state index is 0.192. The minimum Gasteiger partial charge on any atom is -0.495 e. The summed E-state index contributed by atoms with van der Waals surface area (Å²) < 4.78 is 16.1. The van der Waals surface area contributed by atoms with Crippen LogP contribution in [0.1, 0.15) is 31.0 Å². The first-order valence-electron chi connectivity index (χ1n) is 9.93. The van der Waals surface area contributed by atoms with E-state index in [4.69, 9.17) is 14.2 Å². The number of rotatable bonds is 7. The maximum Gasteiger partial charge on any atom is 0.322 e. The van der Waals surface area contributed by atoms with Gasteiger partial charge in [-0.2, -0.15) is 0 Å².